The highest BCUT2D eigenvalue weighted by atomic mass is 35.5. The molecule has 2 aromatic carbocycles. The van der Waals surface area contributed by atoms with E-state index in [9.17, 15) is 9.18 Å². The molecule has 2 atom stereocenters. The number of hydrogen-bond donors (Lipinski definition) is 1. The summed E-state index contributed by atoms with van der Waals surface area (Å²) >= 11 is 0. The van der Waals surface area contributed by atoms with Crippen LogP contribution in [0.5, 0.6) is 0 Å². The third kappa shape index (κ3) is 3.60. The normalized spacial score (nSPS) is 19.9. The molecule has 5 heteroatoms. The van der Waals surface area contributed by atoms with Gasteiger partial charge in [0, 0.05) is 19.0 Å². The number of carbonyl (C=O) groups excluding carboxylic acids is 1. The highest BCUT2D eigenvalue weighted by Crippen LogP contribution is 2.33. The predicted octanol–water partition coefficient (Wildman–Crippen LogP) is 3.37. The van der Waals surface area contributed by atoms with Gasteiger partial charge in [-0.25, -0.2) is 4.39 Å². The van der Waals surface area contributed by atoms with Gasteiger partial charge < -0.3 is 10.6 Å². The van der Waals surface area contributed by atoms with Gasteiger partial charge in [-0.3, -0.25) is 4.79 Å². The van der Waals surface area contributed by atoms with Crippen molar-refractivity contribution in [3.05, 3.63) is 71.0 Å². The quantitative estimate of drug-likeness (QED) is 0.924. The molecule has 3 rings (SSSR count). The van der Waals surface area contributed by atoms with E-state index < -0.39 is 5.82 Å². The summed E-state index contributed by atoms with van der Waals surface area (Å²) in [5.41, 5.74) is 8.11. The van der Waals surface area contributed by atoms with E-state index in [0.717, 1.165) is 5.56 Å². The first-order valence-electron chi connectivity index (χ1n) is 7.90. The van der Waals surface area contributed by atoms with Crippen LogP contribution in [0.25, 0.3) is 0 Å². The van der Waals surface area contributed by atoms with Crippen LogP contribution in [0.1, 0.15) is 27.4 Å². The van der Waals surface area contributed by atoms with Crippen molar-refractivity contribution in [3.63, 3.8) is 0 Å². The minimum atomic E-state index is -0.465. The molecule has 0 aromatic heterocycles. The van der Waals surface area contributed by atoms with Crippen LogP contribution < -0.4 is 5.73 Å². The van der Waals surface area contributed by atoms with Crippen molar-refractivity contribution in [2.24, 2.45) is 11.7 Å². The minimum absolute atomic E-state index is 0. The van der Waals surface area contributed by atoms with Gasteiger partial charge in [0.05, 0.1) is 5.56 Å². The maximum atomic E-state index is 14.0. The lowest BCUT2D eigenvalue weighted by Crippen LogP contribution is -2.30. The van der Waals surface area contributed by atoms with Crippen molar-refractivity contribution in [3.8, 4) is 0 Å². The minimum Gasteiger partial charge on any atom is -0.338 e. The molecule has 2 N–H and O–H groups in total. The number of nitrogens with zero attached hydrogens (tertiary/aromatic N) is 1. The molecule has 1 saturated heterocycles. The zero-order valence-corrected chi connectivity index (χ0v) is 14.4. The summed E-state index contributed by atoms with van der Waals surface area (Å²) in [7, 11) is 0. The fraction of sp³-hybridized carbons (Fsp3) is 0.316. The van der Waals surface area contributed by atoms with Crippen LogP contribution in [-0.2, 0) is 0 Å². The van der Waals surface area contributed by atoms with E-state index in [4.69, 9.17) is 5.73 Å². The summed E-state index contributed by atoms with van der Waals surface area (Å²) in [5, 5.41) is 0. The number of nitrogens with two attached hydrogens (primary N) is 1. The van der Waals surface area contributed by atoms with Crippen LogP contribution in [0.4, 0.5) is 4.39 Å². The van der Waals surface area contributed by atoms with E-state index in [-0.39, 0.29) is 35.7 Å². The van der Waals surface area contributed by atoms with Crippen molar-refractivity contribution >= 4 is 18.3 Å². The molecule has 0 spiro atoms. The smallest absolute Gasteiger partial charge is 0.256 e. The SMILES string of the molecule is Cc1ccc(F)c(C(=O)N2C[C@@H](CN)[C@H](c3ccccc3)C2)c1.Cl. The Kier molecular flexibility index (Phi) is 5.97. The van der Waals surface area contributed by atoms with Gasteiger partial charge >= 0.3 is 0 Å². The molecule has 1 aliphatic heterocycles. The first-order chi connectivity index (χ1) is 11.1. The molecule has 2 aromatic rings. The molecule has 1 amide bonds. The fourth-order valence-corrected chi connectivity index (χ4v) is 3.33. The maximum Gasteiger partial charge on any atom is 0.256 e. The highest BCUT2D eigenvalue weighted by molar-refractivity contribution is 5.95. The largest absolute Gasteiger partial charge is 0.338 e. The Morgan fingerprint density at radius 1 is 1.21 bits per heavy atom. The van der Waals surface area contributed by atoms with Gasteiger partial charge in [0.1, 0.15) is 5.82 Å². The second-order valence-electron chi connectivity index (χ2n) is 6.21. The zero-order valence-electron chi connectivity index (χ0n) is 13.6. The lowest BCUT2D eigenvalue weighted by atomic mass is 9.89. The number of carbonyl (C=O) groups is 1. The molecule has 0 radical (unpaired) electrons. The second-order valence-corrected chi connectivity index (χ2v) is 6.21. The molecule has 1 heterocycles. The number of amides is 1. The number of likely N-dealkylation sites (tertiary alicyclic amines) is 1. The summed E-state index contributed by atoms with van der Waals surface area (Å²) in [6.07, 6.45) is 0. The van der Waals surface area contributed by atoms with Crippen LogP contribution in [0.3, 0.4) is 0 Å². The van der Waals surface area contributed by atoms with Gasteiger partial charge in [-0.2, -0.15) is 0 Å². The van der Waals surface area contributed by atoms with Crippen LogP contribution in [-0.4, -0.2) is 30.4 Å². The lowest BCUT2D eigenvalue weighted by molar-refractivity contribution is 0.0781. The average molecular weight is 349 g/mol. The summed E-state index contributed by atoms with van der Waals surface area (Å²) < 4.78 is 14.0. The Morgan fingerprint density at radius 2 is 1.92 bits per heavy atom. The molecule has 128 valence electrons. The molecule has 3 nitrogen and oxygen atoms in total. The van der Waals surface area contributed by atoms with Gasteiger partial charge in [-0.15, -0.1) is 12.4 Å². The topological polar surface area (TPSA) is 46.3 Å². The molecule has 0 unspecified atom stereocenters. The third-order valence-electron chi connectivity index (χ3n) is 4.61. The average Bonchev–Trinajstić information content (AvgIpc) is 3.01. The molecule has 0 bridgehead atoms. The molecule has 0 aliphatic carbocycles. The number of halogens is 2. The fourth-order valence-electron chi connectivity index (χ4n) is 3.33. The summed E-state index contributed by atoms with van der Waals surface area (Å²) in [6.45, 7) is 3.52. The van der Waals surface area contributed by atoms with Crippen LogP contribution in [0, 0.1) is 18.7 Å². The van der Waals surface area contributed by atoms with E-state index in [0.29, 0.717) is 19.6 Å². The Bertz CT molecular complexity index is 708. The van der Waals surface area contributed by atoms with E-state index in [2.05, 4.69) is 12.1 Å². The van der Waals surface area contributed by atoms with E-state index in [1.807, 2.05) is 25.1 Å². The molecule has 1 fully saturated rings. The summed E-state index contributed by atoms with van der Waals surface area (Å²) in [6, 6.07) is 14.7. The zero-order chi connectivity index (χ0) is 16.4. The van der Waals surface area contributed by atoms with E-state index in [1.165, 1.54) is 11.6 Å². The van der Waals surface area contributed by atoms with Gasteiger partial charge in [-0.05, 0) is 37.1 Å². The first kappa shape index (κ1) is 18.4. The highest BCUT2D eigenvalue weighted by Gasteiger charge is 2.36. The van der Waals surface area contributed by atoms with Crippen LogP contribution >= 0.6 is 12.4 Å². The maximum absolute atomic E-state index is 14.0. The van der Waals surface area contributed by atoms with Crippen LogP contribution in [0.15, 0.2) is 48.5 Å². The third-order valence-corrected chi connectivity index (χ3v) is 4.61. The van der Waals surface area contributed by atoms with Crippen molar-refractivity contribution < 1.29 is 9.18 Å². The Morgan fingerprint density at radius 3 is 2.58 bits per heavy atom. The van der Waals surface area contributed by atoms with Crippen molar-refractivity contribution in [2.45, 2.75) is 12.8 Å². The number of benzene rings is 2. The monoisotopic (exact) mass is 348 g/mol. The Hall–Kier alpha value is -1.91. The van der Waals surface area contributed by atoms with Crippen molar-refractivity contribution in [1.82, 2.24) is 4.90 Å². The first-order valence-corrected chi connectivity index (χ1v) is 7.90. The predicted molar refractivity (Wildman–Crippen MR) is 96.0 cm³/mol. The molecular weight excluding hydrogens is 327 g/mol. The van der Waals surface area contributed by atoms with E-state index >= 15 is 0 Å². The van der Waals surface area contributed by atoms with Gasteiger partial charge in [0.25, 0.3) is 5.91 Å². The number of hydrogen-bond acceptors (Lipinski definition) is 2. The molecule has 1 aliphatic rings. The molecule has 24 heavy (non-hydrogen) atoms. The number of rotatable bonds is 3. The Balaban J connectivity index is 0.00000208. The van der Waals surface area contributed by atoms with Crippen molar-refractivity contribution in [1.29, 1.82) is 0 Å². The van der Waals surface area contributed by atoms with Crippen LogP contribution in [0.2, 0.25) is 0 Å². The molecular formula is C19H22ClFN2O. The Labute approximate surface area is 148 Å². The molecule has 0 saturated carbocycles. The summed E-state index contributed by atoms with van der Waals surface area (Å²) in [5.74, 6) is -0.302. The second kappa shape index (κ2) is 7.77. The van der Waals surface area contributed by atoms with Gasteiger partial charge in [0.2, 0.25) is 0 Å². The lowest BCUT2D eigenvalue weighted by Gasteiger charge is -2.17. The van der Waals surface area contributed by atoms with Gasteiger partial charge in [0.15, 0.2) is 0 Å². The summed E-state index contributed by atoms with van der Waals surface area (Å²) in [4.78, 5) is 14.4. The van der Waals surface area contributed by atoms with Gasteiger partial charge in [-0.1, -0.05) is 42.0 Å². The van der Waals surface area contributed by atoms with Crippen molar-refractivity contribution in [2.75, 3.05) is 19.6 Å². The standard InChI is InChI=1S/C19H21FN2O.ClH/c1-13-7-8-18(20)16(9-13)19(23)22-11-15(10-21)17(12-22)14-5-3-2-4-6-14;/h2-9,15,17H,10-12,21H2,1H3;1H/t15-,17+;/m1./s1. The number of aryl methyl sites for hydroxylation is 1. The van der Waals surface area contributed by atoms with E-state index in [1.54, 1.807) is 17.0 Å².